The summed E-state index contributed by atoms with van der Waals surface area (Å²) in [7, 11) is 0. The van der Waals surface area contributed by atoms with E-state index in [2.05, 4.69) is 9.78 Å². The van der Waals surface area contributed by atoms with E-state index in [9.17, 15) is 9.59 Å². The molecule has 1 unspecified atom stereocenters. The Labute approximate surface area is 99.4 Å². The fraction of sp³-hybridized carbons (Fsp3) is 0.333. The lowest BCUT2D eigenvalue weighted by Gasteiger charge is -2.12. The molecule has 1 rings (SSSR count). The normalized spacial score (nSPS) is 12.0. The third-order valence-corrected chi connectivity index (χ3v) is 2.20. The summed E-state index contributed by atoms with van der Waals surface area (Å²) in [6, 6.07) is 7.42. The highest BCUT2D eigenvalue weighted by Gasteiger charge is 2.21. The fourth-order valence-electron chi connectivity index (χ4n) is 1.03. The molecule has 0 aromatic heterocycles. The molecule has 0 heterocycles. The first kappa shape index (κ1) is 13.2. The number of carbonyl (C=O) groups is 2. The molecule has 0 saturated heterocycles. The summed E-state index contributed by atoms with van der Waals surface area (Å²) >= 11 is 0. The van der Waals surface area contributed by atoms with Crippen LogP contribution in [-0.2, 0) is 14.6 Å². The van der Waals surface area contributed by atoms with E-state index in [1.54, 1.807) is 44.2 Å². The molecule has 5 heteroatoms. The van der Waals surface area contributed by atoms with Gasteiger partial charge in [0.05, 0.1) is 5.56 Å². The topological polar surface area (TPSA) is 78.6 Å². The summed E-state index contributed by atoms with van der Waals surface area (Å²) < 4.78 is 0. The number of hydrogen-bond donors (Lipinski definition) is 1. The number of rotatable bonds is 3. The Bertz CT molecular complexity index is 389. The average molecular weight is 237 g/mol. The van der Waals surface area contributed by atoms with Crippen LogP contribution in [0.4, 0.5) is 0 Å². The molecular formula is C12H15NO4. The van der Waals surface area contributed by atoms with Gasteiger partial charge in [-0.1, -0.05) is 32.0 Å². The minimum Gasteiger partial charge on any atom is -0.318 e. The maximum absolute atomic E-state index is 11.4. The van der Waals surface area contributed by atoms with Crippen LogP contribution in [0.3, 0.4) is 0 Å². The van der Waals surface area contributed by atoms with Crippen LogP contribution in [0.25, 0.3) is 0 Å². The second-order valence-corrected chi connectivity index (χ2v) is 3.91. The van der Waals surface area contributed by atoms with Crippen molar-refractivity contribution in [3.8, 4) is 0 Å². The van der Waals surface area contributed by atoms with Gasteiger partial charge in [0.25, 0.3) is 0 Å². The molecule has 2 N–H and O–H groups in total. The number of benzene rings is 1. The zero-order valence-electron chi connectivity index (χ0n) is 9.75. The van der Waals surface area contributed by atoms with Gasteiger partial charge in [-0.05, 0) is 18.1 Å². The minimum absolute atomic E-state index is 0.0853. The molecule has 0 radical (unpaired) electrons. The predicted molar refractivity (Wildman–Crippen MR) is 60.8 cm³/mol. The van der Waals surface area contributed by atoms with E-state index in [0.717, 1.165) is 0 Å². The first-order valence-electron chi connectivity index (χ1n) is 5.25. The van der Waals surface area contributed by atoms with Crippen LogP contribution in [0.2, 0.25) is 0 Å². The van der Waals surface area contributed by atoms with Gasteiger partial charge in [-0.15, -0.1) is 0 Å². The lowest BCUT2D eigenvalue weighted by molar-refractivity contribution is -0.236. The summed E-state index contributed by atoms with van der Waals surface area (Å²) in [4.78, 5) is 31.5. The van der Waals surface area contributed by atoms with Crippen LogP contribution in [0.5, 0.6) is 0 Å². The van der Waals surface area contributed by atoms with E-state index in [0.29, 0.717) is 5.56 Å². The predicted octanol–water partition coefficient (Wildman–Crippen LogP) is 1.28. The van der Waals surface area contributed by atoms with Crippen molar-refractivity contribution in [2.75, 3.05) is 0 Å². The molecule has 1 aromatic carbocycles. The van der Waals surface area contributed by atoms with Crippen molar-refractivity contribution >= 4 is 11.9 Å². The molecule has 0 fully saturated rings. The molecular weight excluding hydrogens is 222 g/mol. The van der Waals surface area contributed by atoms with Crippen molar-refractivity contribution in [3.05, 3.63) is 35.9 Å². The summed E-state index contributed by atoms with van der Waals surface area (Å²) in [6.07, 6.45) is 0. The second kappa shape index (κ2) is 6.00. The summed E-state index contributed by atoms with van der Waals surface area (Å²) in [6.45, 7) is 3.54. The van der Waals surface area contributed by atoms with Gasteiger partial charge in [0.1, 0.15) is 6.04 Å². The molecule has 0 aliphatic rings. The highest BCUT2D eigenvalue weighted by atomic mass is 17.2. The molecule has 0 aliphatic heterocycles. The van der Waals surface area contributed by atoms with E-state index in [1.165, 1.54) is 0 Å². The summed E-state index contributed by atoms with van der Waals surface area (Å²) in [5, 5.41) is 0. The van der Waals surface area contributed by atoms with E-state index < -0.39 is 18.0 Å². The van der Waals surface area contributed by atoms with E-state index in [1.807, 2.05) is 0 Å². The molecule has 1 aromatic rings. The van der Waals surface area contributed by atoms with Gasteiger partial charge in [0.15, 0.2) is 0 Å². The lowest BCUT2D eigenvalue weighted by atomic mass is 10.1. The Morgan fingerprint density at radius 3 is 2.24 bits per heavy atom. The lowest BCUT2D eigenvalue weighted by Crippen LogP contribution is -2.37. The molecule has 5 nitrogen and oxygen atoms in total. The first-order chi connectivity index (χ1) is 8.02. The van der Waals surface area contributed by atoms with Crippen LogP contribution < -0.4 is 5.73 Å². The largest absolute Gasteiger partial charge is 0.386 e. The zero-order valence-corrected chi connectivity index (χ0v) is 9.75. The Balaban J connectivity index is 2.47. The minimum atomic E-state index is -0.807. The standard InChI is InChI=1S/C12H15NO4/c1-8(2)10(13)12(15)17-16-11(14)9-6-4-3-5-7-9/h3-8,10H,13H2,1-2H3. The van der Waals surface area contributed by atoms with Crippen LogP contribution in [0.15, 0.2) is 30.3 Å². The van der Waals surface area contributed by atoms with Gasteiger partial charge in [-0.3, -0.25) is 0 Å². The second-order valence-electron chi connectivity index (χ2n) is 3.91. The third-order valence-electron chi connectivity index (χ3n) is 2.20. The van der Waals surface area contributed by atoms with Crippen LogP contribution in [0.1, 0.15) is 24.2 Å². The fourth-order valence-corrected chi connectivity index (χ4v) is 1.03. The SMILES string of the molecule is CC(C)C(N)C(=O)OOC(=O)c1ccccc1. The monoisotopic (exact) mass is 237 g/mol. The van der Waals surface area contributed by atoms with Gasteiger partial charge in [-0.25, -0.2) is 19.4 Å². The van der Waals surface area contributed by atoms with Crippen molar-refractivity contribution < 1.29 is 19.4 Å². The van der Waals surface area contributed by atoms with Crippen molar-refractivity contribution in [2.45, 2.75) is 19.9 Å². The molecule has 0 saturated carbocycles. The van der Waals surface area contributed by atoms with Crippen LogP contribution in [0, 0.1) is 5.92 Å². The van der Waals surface area contributed by atoms with Gasteiger partial charge in [-0.2, -0.15) is 0 Å². The highest BCUT2D eigenvalue weighted by molar-refractivity contribution is 5.89. The van der Waals surface area contributed by atoms with E-state index >= 15 is 0 Å². The van der Waals surface area contributed by atoms with Crippen molar-refractivity contribution in [2.24, 2.45) is 11.7 Å². The van der Waals surface area contributed by atoms with Gasteiger partial charge in [0, 0.05) is 0 Å². The van der Waals surface area contributed by atoms with Gasteiger partial charge >= 0.3 is 11.9 Å². The third kappa shape index (κ3) is 3.88. The molecule has 92 valence electrons. The molecule has 0 bridgehead atoms. The number of hydrogen-bond acceptors (Lipinski definition) is 5. The maximum atomic E-state index is 11.4. The quantitative estimate of drug-likeness (QED) is 0.633. The Hall–Kier alpha value is -1.88. The molecule has 0 amide bonds. The van der Waals surface area contributed by atoms with Crippen LogP contribution in [-0.4, -0.2) is 18.0 Å². The molecule has 0 aliphatic carbocycles. The van der Waals surface area contributed by atoms with Crippen LogP contribution >= 0.6 is 0 Å². The van der Waals surface area contributed by atoms with Gasteiger partial charge < -0.3 is 5.73 Å². The van der Waals surface area contributed by atoms with E-state index in [-0.39, 0.29) is 5.92 Å². The summed E-state index contributed by atoms with van der Waals surface area (Å²) in [5.41, 5.74) is 5.82. The Morgan fingerprint density at radius 1 is 1.12 bits per heavy atom. The smallest absolute Gasteiger partial charge is 0.318 e. The molecule has 1 atom stereocenters. The number of carbonyl (C=O) groups excluding carboxylic acids is 2. The maximum Gasteiger partial charge on any atom is 0.386 e. The van der Waals surface area contributed by atoms with Crippen molar-refractivity contribution in [1.82, 2.24) is 0 Å². The first-order valence-corrected chi connectivity index (χ1v) is 5.25. The van der Waals surface area contributed by atoms with Crippen molar-refractivity contribution in [3.63, 3.8) is 0 Å². The van der Waals surface area contributed by atoms with Gasteiger partial charge in [0.2, 0.25) is 0 Å². The Morgan fingerprint density at radius 2 is 1.71 bits per heavy atom. The number of nitrogens with two attached hydrogens (primary N) is 1. The van der Waals surface area contributed by atoms with Crippen molar-refractivity contribution in [1.29, 1.82) is 0 Å². The zero-order chi connectivity index (χ0) is 12.8. The average Bonchev–Trinajstić information content (AvgIpc) is 2.35. The summed E-state index contributed by atoms with van der Waals surface area (Å²) in [5.74, 6) is -1.57. The molecule has 0 spiro atoms. The molecule has 17 heavy (non-hydrogen) atoms. The van der Waals surface area contributed by atoms with E-state index in [4.69, 9.17) is 5.73 Å². The Kier molecular flexibility index (Phi) is 4.66. The highest BCUT2D eigenvalue weighted by Crippen LogP contribution is 2.04.